The van der Waals surface area contributed by atoms with Crippen molar-refractivity contribution in [1.29, 1.82) is 0 Å². The van der Waals surface area contributed by atoms with Crippen molar-refractivity contribution >= 4 is 29.0 Å². The highest BCUT2D eigenvalue weighted by Crippen LogP contribution is 2.36. The smallest absolute Gasteiger partial charge is 0.416 e. The van der Waals surface area contributed by atoms with Crippen molar-refractivity contribution in [3.05, 3.63) is 57.6 Å². The molecule has 0 radical (unpaired) electrons. The van der Waals surface area contributed by atoms with E-state index in [4.69, 9.17) is 27.9 Å². The molecule has 0 aliphatic rings. The number of benzene rings is 2. The number of carbonyl (C=O) groups is 1. The topological polar surface area (TPSA) is 26.3 Å². The van der Waals surface area contributed by atoms with Crippen LogP contribution in [0.2, 0.25) is 10.0 Å². The molecular formula is C15H9Cl2F3O2. The van der Waals surface area contributed by atoms with E-state index in [9.17, 15) is 18.0 Å². The highest BCUT2D eigenvalue weighted by atomic mass is 35.5. The van der Waals surface area contributed by atoms with E-state index in [0.29, 0.717) is 0 Å². The van der Waals surface area contributed by atoms with Crippen molar-refractivity contribution in [2.24, 2.45) is 0 Å². The number of rotatable bonds is 3. The van der Waals surface area contributed by atoms with Gasteiger partial charge in [-0.2, -0.15) is 13.2 Å². The predicted octanol–water partition coefficient (Wildman–Crippen LogP) is 6.01. The number of ether oxygens (including phenoxy) is 1. The maximum Gasteiger partial charge on any atom is 0.416 e. The number of hydrogen-bond donors (Lipinski definition) is 0. The molecule has 116 valence electrons. The second-order valence-corrected chi connectivity index (χ2v) is 5.26. The maximum absolute atomic E-state index is 12.6. The lowest BCUT2D eigenvalue weighted by Gasteiger charge is -2.12. The van der Waals surface area contributed by atoms with Crippen LogP contribution in [0, 0.1) is 0 Å². The van der Waals surface area contributed by atoms with E-state index in [-0.39, 0.29) is 32.9 Å². The molecular weight excluding hydrogens is 340 g/mol. The average Bonchev–Trinajstić information content (AvgIpc) is 2.41. The van der Waals surface area contributed by atoms with E-state index >= 15 is 0 Å². The van der Waals surface area contributed by atoms with Crippen molar-refractivity contribution < 1.29 is 22.7 Å². The fourth-order valence-electron chi connectivity index (χ4n) is 1.72. The number of ketones is 1. The van der Waals surface area contributed by atoms with Gasteiger partial charge in [-0.05, 0) is 43.3 Å². The van der Waals surface area contributed by atoms with Gasteiger partial charge in [-0.15, -0.1) is 0 Å². The first-order chi connectivity index (χ1) is 10.2. The Morgan fingerprint density at radius 1 is 1.05 bits per heavy atom. The summed E-state index contributed by atoms with van der Waals surface area (Å²) in [6.45, 7) is 1.34. The van der Waals surface area contributed by atoms with Gasteiger partial charge in [-0.25, -0.2) is 0 Å². The van der Waals surface area contributed by atoms with Crippen LogP contribution in [0.1, 0.15) is 22.8 Å². The molecule has 0 aliphatic carbocycles. The third-order valence-corrected chi connectivity index (χ3v) is 3.43. The molecule has 0 aromatic heterocycles. The van der Waals surface area contributed by atoms with Crippen molar-refractivity contribution in [3.8, 4) is 11.5 Å². The van der Waals surface area contributed by atoms with E-state index in [2.05, 4.69) is 0 Å². The Labute approximate surface area is 134 Å². The Balaban J connectivity index is 2.32. The molecule has 0 bridgehead atoms. The molecule has 0 fully saturated rings. The lowest BCUT2D eigenvalue weighted by Crippen LogP contribution is -2.04. The minimum Gasteiger partial charge on any atom is -0.456 e. The first kappa shape index (κ1) is 16.6. The summed E-state index contributed by atoms with van der Waals surface area (Å²) < 4.78 is 43.1. The largest absolute Gasteiger partial charge is 0.456 e. The van der Waals surface area contributed by atoms with Crippen LogP contribution in [0.4, 0.5) is 13.2 Å². The summed E-state index contributed by atoms with van der Waals surface area (Å²) in [6.07, 6.45) is -4.48. The highest BCUT2D eigenvalue weighted by Gasteiger charge is 2.31. The Kier molecular flexibility index (Phi) is 4.68. The van der Waals surface area contributed by atoms with Gasteiger partial charge in [0.2, 0.25) is 0 Å². The normalized spacial score (nSPS) is 11.4. The molecule has 2 rings (SSSR count). The van der Waals surface area contributed by atoms with Gasteiger partial charge in [-0.1, -0.05) is 23.2 Å². The Morgan fingerprint density at radius 2 is 1.73 bits per heavy atom. The SMILES string of the molecule is CC(=O)c1cc(Oc2ccc(C(F)(F)F)cc2Cl)ccc1Cl. The van der Waals surface area contributed by atoms with E-state index in [0.717, 1.165) is 18.2 Å². The van der Waals surface area contributed by atoms with Crippen LogP contribution < -0.4 is 4.74 Å². The minimum absolute atomic E-state index is 0.0477. The highest BCUT2D eigenvalue weighted by molar-refractivity contribution is 6.34. The molecule has 2 aromatic rings. The van der Waals surface area contributed by atoms with Gasteiger partial charge in [-0.3, -0.25) is 4.79 Å². The summed E-state index contributed by atoms with van der Waals surface area (Å²) in [4.78, 5) is 11.4. The Hall–Kier alpha value is -1.72. The molecule has 0 atom stereocenters. The van der Waals surface area contributed by atoms with Crippen molar-refractivity contribution in [2.45, 2.75) is 13.1 Å². The molecule has 0 amide bonds. The van der Waals surface area contributed by atoms with Crippen LogP contribution in [0.5, 0.6) is 11.5 Å². The lowest BCUT2D eigenvalue weighted by molar-refractivity contribution is -0.137. The predicted molar refractivity (Wildman–Crippen MR) is 78.0 cm³/mol. The first-order valence-corrected chi connectivity index (χ1v) is 6.79. The molecule has 2 nitrogen and oxygen atoms in total. The summed E-state index contributed by atoms with van der Waals surface area (Å²) in [5.41, 5.74) is -0.618. The number of carbonyl (C=O) groups excluding carboxylic acids is 1. The summed E-state index contributed by atoms with van der Waals surface area (Å²) in [7, 11) is 0. The molecule has 7 heteroatoms. The second kappa shape index (κ2) is 6.18. The van der Waals surface area contributed by atoms with Gasteiger partial charge >= 0.3 is 6.18 Å². The van der Waals surface area contributed by atoms with Gasteiger partial charge < -0.3 is 4.74 Å². The summed E-state index contributed by atoms with van der Waals surface area (Å²) >= 11 is 11.7. The van der Waals surface area contributed by atoms with Gasteiger partial charge in [0.25, 0.3) is 0 Å². The standard InChI is InChI=1S/C15H9Cl2F3O2/c1-8(21)11-7-10(3-4-12(11)16)22-14-5-2-9(6-13(14)17)15(18,19)20/h2-7H,1H3. The van der Waals surface area contributed by atoms with Gasteiger partial charge in [0.05, 0.1) is 15.6 Å². The number of Topliss-reactive ketones (excluding diaryl/α,β-unsaturated/α-hetero) is 1. The van der Waals surface area contributed by atoms with Gasteiger partial charge in [0, 0.05) is 5.56 Å². The van der Waals surface area contributed by atoms with E-state index < -0.39 is 11.7 Å². The van der Waals surface area contributed by atoms with Crippen LogP contribution in [-0.2, 0) is 6.18 Å². The maximum atomic E-state index is 12.6. The molecule has 0 spiro atoms. The van der Waals surface area contributed by atoms with Crippen LogP contribution in [0.25, 0.3) is 0 Å². The van der Waals surface area contributed by atoms with E-state index in [1.807, 2.05) is 0 Å². The zero-order chi connectivity index (χ0) is 16.5. The van der Waals surface area contributed by atoms with Gasteiger partial charge in [0.1, 0.15) is 11.5 Å². The second-order valence-electron chi connectivity index (χ2n) is 4.44. The molecule has 2 aromatic carbocycles. The zero-order valence-corrected chi connectivity index (χ0v) is 12.7. The molecule has 0 saturated carbocycles. The molecule has 0 aliphatic heterocycles. The number of halogens is 5. The number of hydrogen-bond acceptors (Lipinski definition) is 2. The third-order valence-electron chi connectivity index (χ3n) is 2.80. The summed E-state index contributed by atoms with van der Waals surface area (Å²) in [5.74, 6) is 0.0386. The zero-order valence-electron chi connectivity index (χ0n) is 11.2. The third kappa shape index (κ3) is 3.72. The fourth-order valence-corrected chi connectivity index (χ4v) is 2.19. The van der Waals surface area contributed by atoms with Gasteiger partial charge in [0.15, 0.2) is 5.78 Å². The van der Waals surface area contributed by atoms with E-state index in [1.54, 1.807) is 0 Å². The average molecular weight is 349 g/mol. The van der Waals surface area contributed by atoms with E-state index in [1.165, 1.54) is 25.1 Å². The summed E-state index contributed by atoms with van der Waals surface area (Å²) in [5, 5.41) is 0.0764. The lowest BCUT2D eigenvalue weighted by atomic mass is 10.1. The molecule has 0 saturated heterocycles. The van der Waals surface area contributed by atoms with Crippen LogP contribution >= 0.6 is 23.2 Å². The monoisotopic (exact) mass is 348 g/mol. The van der Waals surface area contributed by atoms with Crippen molar-refractivity contribution in [1.82, 2.24) is 0 Å². The molecule has 0 unspecified atom stereocenters. The molecule has 0 heterocycles. The first-order valence-electron chi connectivity index (χ1n) is 6.03. The van der Waals surface area contributed by atoms with Crippen LogP contribution in [0.15, 0.2) is 36.4 Å². The Bertz CT molecular complexity index is 727. The van der Waals surface area contributed by atoms with Crippen molar-refractivity contribution in [3.63, 3.8) is 0 Å². The minimum atomic E-state index is -4.48. The quantitative estimate of drug-likeness (QED) is 0.635. The molecule has 0 N–H and O–H groups in total. The Morgan fingerprint density at radius 3 is 2.27 bits per heavy atom. The van der Waals surface area contributed by atoms with Crippen LogP contribution in [-0.4, -0.2) is 5.78 Å². The number of alkyl halides is 3. The van der Waals surface area contributed by atoms with Crippen molar-refractivity contribution in [2.75, 3.05) is 0 Å². The fraction of sp³-hybridized carbons (Fsp3) is 0.133. The summed E-state index contributed by atoms with van der Waals surface area (Å²) in [6, 6.07) is 7.11. The molecule has 22 heavy (non-hydrogen) atoms. The van der Waals surface area contributed by atoms with Crippen LogP contribution in [0.3, 0.4) is 0 Å².